The maximum Gasteiger partial charge on any atom is 0.105 e. The molecule has 2 heteroatoms. The van der Waals surface area contributed by atoms with Crippen LogP contribution in [-0.4, -0.2) is 22.4 Å². The van der Waals surface area contributed by atoms with Gasteiger partial charge >= 0.3 is 0 Å². The molecule has 0 fully saturated rings. The predicted molar refractivity (Wildman–Crippen MR) is 94.7 cm³/mol. The molecule has 0 aromatic heterocycles. The largest absolute Gasteiger partial charge is 0.386 e. The zero-order valence-electron chi connectivity index (χ0n) is 14.8. The van der Waals surface area contributed by atoms with Crippen LogP contribution < -0.4 is 0 Å². The summed E-state index contributed by atoms with van der Waals surface area (Å²) in [5, 5.41) is 20.9. The van der Waals surface area contributed by atoms with Crippen LogP contribution in [0.5, 0.6) is 0 Å². The van der Waals surface area contributed by atoms with Crippen molar-refractivity contribution in [2.75, 3.05) is 0 Å². The zero-order chi connectivity index (χ0) is 16.7. The van der Waals surface area contributed by atoms with Crippen molar-refractivity contribution in [1.29, 1.82) is 0 Å². The maximum atomic E-state index is 10.5. The van der Waals surface area contributed by atoms with Gasteiger partial charge in [0.2, 0.25) is 0 Å². The average molecular weight is 304 g/mol. The smallest absolute Gasteiger partial charge is 0.105 e. The van der Waals surface area contributed by atoms with Gasteiger partial charge in [0.15, 0.2) is 0 Å². The van der Waals surface area contributed by atoms with Crippen LogP contribution in [-0.2, 0) is 0 Å². The highest BCUT2D eigenvalue weighted by atomic mass is 16.3. The molecule has 0 aromatic carbocycles. The van der Waals surface area contributed by atoms with E-state index in [0.717, 1.165) is 36.8 Å². The lowest BCUT2D eigenvalue weighted by Gasteiger charge is -2.24. The first-order valence-corrected chi connectivity index (χ1v) is 8.38. The van der Waals surface area contributed by atoms with Crippen molar-refractivity contribution in [2.45, 2.75) is 72.5 Å². The third-order valence-electron chi connectivity index (χ3n) is 4.37. The Kier molecular flexibility index (Phi) is 7.84. The van der Waals surface area contributed by atoms with Gasteiger partial charge in [-0.25, -0.2) is 0 Å². The van der Waals surface area contributed by atoms with Crippen LogP contribution >= 0.6 is 0 Å². The second kappa shape index (κ2) is 9.12. The van der Waals surface area contributed by atoms with Gasteiger partial charge in [-0.2, -0.15) is 0 Å². The lowest BCUT2D eigenvalue weighted by atomic mass is 9.90. The Labute approximate surface area is 135 Å². The lowest BCUT2D eigenvalue weighted by molar-refractivity contribution is 0.0603. The second-order valence-electron chi connectivity index (χ2n) is 6.80. The fraction of sp³-hybridized carbons (Fsp3) is 0.600. The molecule has 0 saturated heterocycles. The van der Waals surface area contributed by atoms with Gasteiger partial charge in [-0.1, -0.05) is 49.3 Å². The van der Waals surface area contributed by atoms with Gasteiger partial charge in [0, 0.05) is 0 Å². The highest BCUT2D eigenvalue weighted by Crippen LogP contribution is 2.22. The van der Waals surface area contributed by atoms with Gasteiger partial charge in [-0.05, 0) is 63.5 Å². The van der Waals surface area contributed by atoms with E-state index in [2.05, 4.69) is 45.9 Å². The molecule has 1 aliphatic rings. The Morgan fingerprint density at radius 1 is 0.864 bits per heavy atom. The molecular formula is C20H32O2. The molecule has 0 amide bonds. The Hall–Kier alpha value is -1.12. The van der Waals surface area contributed by atoms with E-state index in [4.69, 9.17) is 0 Å². The van der Waals surface area contributed by atoms with Crippen LogP contribution in [0.15, 0.2) is 46.6 Å². The SMILES string of the molecule is C/C1=C\C=C(\C(C)C)[C@@H](O)[C@H](O)/C(C)=C/CC/C(C)=C/CC1. The minimum Gasteiger partial charge on any atom is -0.386 e. The van der Waals surface area contributed by atoms with Gasteiger partial charge in [0.1, 0.15) is 12.2 Å². The van der Waals surface area contributed by atoms with Gasteiger partial charge < -0.3 is 10.2 Å². The minimum absolute atomic E-state index is 0.205. The van der Waals surface area contributed by atoms with Crippen molar-refractivity contribution in [3.8, 4) is 0 Å². The lowest BCUT2D eigenvalue weighted by Crippen LogP contribution is -2.30. The van der Waals surface area contributed by atoms with Crippen LogP contribution in [0.2, 0.25) is 0 Å². The van der Waals surface area contributed by atoms with E-state index < -0.39 is 12.2 Å². The zero-order valence-corrected chi connectivity index (χ0v) is 14.8. The van der Waals surface area contributed by atoms with Crippen LogP contribution in [0.1, 0.15) is 60.3 Å². The number of hydrogen-bond donors (Lipinski definition) is 2. The molecule has 0 aromatic rings. The van der Waals surface area contributed by atoms with Crippen LogP contribution in [0, 0.1) is 5.92 Å². The third-order valence-corrected chi connectivity index (χ3v) is 4.37. The van der Waals surface area contributed by atoms with Crippen molar-refractivity contribution in [3.05, 3.63) is 46.6 Å². The fourth-order valence-corrected chi connectivity index (χ4v) is 2.68. The van der Waals surface area contributed by atoms with Crippen molar-refractivity contribution in [1.82, 2.24) is 0 Å². The molecule has 22 heavy (non-hydrogen) atoms. The van der Waals surface area contributed by atoms with E-state index in [0.29, 0.717) is 0 Å². The topological polar surface area (TPSA) is 40.5 Å². The van der Waals surface area contributed by atoms with Crippen molar-refractivity contribution in [2.24, 2.45) is 5.92 Å². The van der Waals surface area contributed by atoms with Crippen molar-refractivity contribution in [3.63, 3.8) is 0 Å². The molecule has 2 N–H and O–H groups in total. The molecule has 0 bridgehead atoms. The van der Waals surface area contributed by atoms with E-state index in [1.54, 1.807) is 0 Å². The van der Waals surface area contributed by atoms with E-state index in [9.17, 15) is 10.2 Å². The number of rotatable bonds is 1. The second-order valence-corrected chi connectivity index (χ2v) is 6.80. The first-order valence-electron chi connectivity index (χ1n) is 8.38. The molecule has 1 aliphatic carbocycles. The predicted octanol–water partition coefficient (Wildman–Crippen LogP) is 4.70. The highest BCUT2D eigenvalue weighted by molar-refractivity contribution is 5.25. The molecular weight excluding hydrogens is 272 g/mol. The van der Waals surface area contributed by atoms with Gasteiger partial charge in [-0.15, -0.1) is 0 Å². The molecule has 0 aliphatic heterocycles. The summed E-state index contributed by atoms with van der Waals surface area (Å²) in [4.78, 5) is 0. The summed E-state index contributed by atoms with van der Waals surface area (Å²) < 4.78 is 0. The van der Waals surface area contributed by atoms with E-state index in [-0.39, 0.29) is 5.92 Å². The van der Waals surface area contributed by atoms with Crippen LogP contribution in [0.4, 0.5) is 0 Å². The van der Waals surface area contributed by atoms with Crippen molar-refractivity contribution >= 4 is 0 Å². The highest BCUT2D eigenvalue weighted by Gasteiger charge is 2.23. The normalized spacial score (nSPS) is 35.3. The van der Waals surface area contributed by atoms with E-state index in [1.807, 2.05) is 13.0 Å². The summed E-state index contributed by atoms with van der Waals surface area (Å²) in [7, 11) is 0. The number of allylic oxidation sites excluding steroid dienone is 6. The van der Waals surface area contributed by atoms with Gasteiger partial charge in [0.25, 0.3) is 0 Å². The summed E-state index contributed by atoms with van der Waals surface area (Å²) in [5.74, 6) is 0.205. The fourth-order valence-electron chi connectivity index (χ4n) is 2.68. The molecule has 2 nitrogen and oxygen atoms in total. The third kappa shape index (κ3) is 5.94. The maximum absolute atomic E-state index is 10.5. The molecule has 0 unspecified atom stereocenters. The Bertz CT molecular complexity index is 478. The summed E-state index contributed by atoms with van der Waals surface area (Å²) >= 11 is 0. The molecule has 0 saturated carbocycles. The summed E-state index contributed by atoms with van der Waals surface area (Å²) in [6.45, 7) is 10.3. The number of hydrogen-bond acceptors (Lipinski definition) is 2. The van der Waals surface area contributed by atoms with Crippen LogP contribution in [0.25, 0.3) is 0 Å². The Morgan fingerprint density at radius 3 is 2.09 bits per heavy atom. The van der Waals surface area contributed by atoms with Crippen molar-refractivity contribution < 1.29 is 10.2 Å². The quantitative estimate of drug-likeness (QED) is 0.689. The summed E-state index contributed by atoms with van der Waals surface area (Å²) in [6.07, 6.45) is 10.8. The standard InChI is InChI=1S/C20H32O2/c1-14(2)18-13-12-16(4)9-6-8-15(3)10-7-11-17(5)19(21)20(18)22/h8,11-14,19-22H,6-7,9-10H2,1-5H3/b15-8+,16-12+,17-11+,18-13-/t19-,20-/m1/s1. The molecule has 2 atom stereocenters. The first kappa shape index (κ1) is 18.9. The van der Waals surface area contributed by atoms with Gasteiger partial charge in [0.05, 0.1) is 0 Å². The van der Waals surface area contributed by atoms with Crippen LogP contribution in [0.3, 0.4) is 0 Å². The first-order chi connectivity index (χ1) is 10.3. The van der Waals surface area contributed by atoms with Gasteiger partial charge in [-0.3, -0.25) is 0 Å². The average Bonchev–Trinajstić information content (AvgIpc) is 2.45. The Balaban J connectivity index is 3.13. The summed E-state index contributed by atoms with van der Waals surface area (Å²) in [5.41, 5.74) is 4.43. The monoisotopic (exact) mass is 304 g/mol. The molecule has 0 spiro atoms. The Morgan fingerprint density at radius 2 is 1.45 bits per heavy atom. The number of aliphatic hydroxyl groups excluding tert-OH is 2. The molecule has 0 heterocycles. The summed E-state index contributed by atoms with van der Waals surface area (Å²) in [6, 6.07) is 0. The van der Waals surface area contributed by atoms with E-state index >= 15 is 0 Å². The van der Waals surface area contributed by atoms with E-state index in [1.165, 1.54) is 11.1 Å². The molecule has 0 radical (unpaired) electrons. The molecule has 1 rings (SSSR count). The molecule has 124 valence electrons. The number of aliphatic hydroxyl groups is 2. The minimum atomic E-state index is -0.833.